The van der Waals surface area contributed by atoms with Gasteiger partial charge in [0.2, 0.25) is 0 Å². The molecule has 14 heavy (non-hydrogen) atoms. The Morgan fingerprint density at radius 3 is 3.14 bits per heavy atom. The molecule has 0 bridgehead atoms. The normalized spacial score (nSPS) is 33.9. The van der Waals surface area contributed by atoms with E-state index in [1.807, 2.05) is 0 Å². The number of hydrogen-bond donors (Lipinski definition) is 3. The van der Waals surface area contributed by atoms with Gasteiger partial charge in [-0.25, -0.2) is 4.99 Å². The molecule has 0 saturated carbocycles. The summed E-state index contributed by atoms with van der Waals surface area (Å²) in [5.74, 6) is 0. The van der Waals surface area contributed by atoms with Crippen LogP contribution in [0.15, 0.2) is 4.99 Å². The van der Waals surface area contributed by atoms with E-state index in [2.05, 4.69) is 17.2 Å². The van der Waals surface area contributed by atoms with Gasteiger partial charge in [-0.3, -0.25) is 0 Å². The molecule has 1 unspecified atom stereocenters. The van der Waals surface area contributed by atoms with Gasteiger partial charge in [-0.15, -0.1) is 4.52 Å². The zero-order chi connectivity index (χ0) is 10.6. The van der Waals surface area contributed by atoms with Crippen molar-refractivity contribution in [3.8, 4) is 0 Å². The summed E-state index contributed by atoms with van der Waals surface area (Å²) in [5, 5.41) is 9.41. The SMILES string of the molecule is NC=N[C@@H]1O[C@H](CO[P+](=O)S)C[C@H]1O. The fourth-order valence-corrected chi connectivity index (χ4v) is 1.70. The largest absolute Gasteiger partial charge is 0.582 e. The molecule has 0 aliphatic carbocycles. The summed E-state index contributed by atoms with van der Waals surface area (Å²) < 4.78 is 20.5. The Bertz CT molecular complexity index is 240. The van der Waals surface area contributed by atoms with Crippen molar-refractivity contribution in [1.82, 2.24) is 0 Å². The van der Waals surface area contributed by atoms with E-state index in [1.54, 1.807) is 0 Å². The standard InChI is InChI=1S/C6H11N2O4PS/c7-3-8-6-5(9)1-4(12-6)2-11-13(10)14/h3-6,9H,1-2H2,(H2-,7,8,10,14)/p+1/t4-,5+,6+/m0/s1. The zero-order valence-electron chi connectivity index (χ0n) is 7.31. The van der Waals surface area contributed by atoms with Crippen molar-refractivity contribution in [3.05, 3.63) is 0 Å². The van der Waals surface area contributed by atoms with Crippen LogP contribution in [-0.4, -0.2) is 36.5 Å². The topological polar surface area (TPSA) is 94.1 Å². The van der Waals surface area contributed by atoms with E-state index in [-0.39, 0.29) is 12.7 Å². The molecule has 1 saturated heterocycles. The van der Waals surface area contributed by atoms with Gasteiger partial charge in [0.15, 0.2) is 6.23 Å². The summed E-state index contributed by atoms with van der Waals surface area (Å²) >= 11 is 3.58. The molecule has 0 aromatic rings. The van der Waals surface area contributed by atoms with E-state index in [9.17, 15) is 9.67 Å². The average Bonchev–Trinajstić information content (AvgIpc) is 2.45. The van der Waals surface area contributed by atoms with Crippen LogP contribution in [0.4, 0.5) is 0 Å². The predicted octanol–water partition coefficient (Wildman–Crippen LogP) is 0.0531. The molecule has 0 spiro atoms. The van der Waals surface area contributed by atoms with Crippen LogP contribution in [0, 0.1) is 0 Å². The molecule has 0 amide bonds. The van der Waals surface area contributed by atoms with Gasteiger partial charge < -0.3 is 15.6 Å². The van der Waals surface area contributed by atoms with Gasteiger partial charge in [-0.2, -0.15) is 0 Å². The third-order valence-electron chi connectivity index (χ3n) is 1.77. The van der Waals surface area contributed by atoms with E-state index >= 15 is 0 Å². The minimum Gasteiger partial charge on any atom is -0.390 e. The molecule has 0 radical (unpaired) electrons. The van der Waals surface area contributed by atoms with Crippen LogP contribution in [0.25, 0.3) is 0 Å². The molecule has 1 aliphatic heterocycles. The number of ether oxygens (including phenoxy) is 1. The lowest BCUT2D eigenvalue weighted by Crippen LogP contribution is -2.19. The quantitative estimate of drug-likeness (QED) is 0.279. The summed E-state index contributed by atoms with van der Waals surface area (Å²) in [7, 11) is -1.93. The van der Waals surface area contributed by atoms with Crippen LogP contribution in [0.3, 0.4) is 0 Å². The Balaban J connectivity index is 2.34. The van der Waals surface area contributed by atoms with Gasteiger partial charge in [-0.05, 0) is 4.57 Å². The van der Waals surface area contributed by atoms with Crippen LogP contribution >= 0.6 is 19.5 Å². The summed E-state index contributed by atoms with van der Waals surface area (Å²) in [6.07, 6.45) is -0.188. The lowest BCUT2D eigenvalue weighted by atomic mass is 10.2. The summed E-state index contributed by atoms with van der Waals surface area (Å²) in [6, 6.07) is 0. The van der Waals surface area contributed by atoms with Gasteiger partial charge in [0.1, 0.15) is 25.0 Å². The van der Waals surface area contributed by atoms with E-state index in [0.717, 1.165) is 6.34 Å². The highest BCUT2D eigenvalue weighted by molar-refractivity contribution is 8.39. The van der Waals surface area contributed by atoms with Crippen molar-refractivity contribution in [2.24, 2.45) is 10.7 Å². The molecule has 1 heterocycles. The van der Waals surface area contributed by atoms with Gasteiger partial charge >= 0.3 is 7.23 Å². The number of nitrogens with two attached hydrogens (primary N) is 1. The highest BCUT2D eigenvalue weighted by Gasteiger charge is 2.34. The number of aliphatic imine (C=N–C) groups is 1. The highest BCUT2D eigenvalue weighted by atomic mass is 32.7. The van der Waals surface area contributed by atoms with Gasteiger partial charge in [0, 0.05) is 6.42 Å². The Labute approximate surface area is 87.5 Å². The lowest BCUT2D eigenvalue weighted by Gasteiger charge is -2.07. The maximum absolute atomic E-state index is 10.5. The van der Waals surface area contributed by atoms with Crippen LogP contribution in [0.2, 0.25) is 0 Å². The molecule has 0 aromatic carbocycles. The number of aliphatic hydroxyl groups is 1. The molecule has 1 rings (SSSR count). The first-order chi connectivity index (χ1) is 6.63. The molecular formula is C6H12N2O4PS+. The molecule has 6 nitrogen and oxygen atoms in total. The van der Waals surface area contributed by atoms with Gasteiger partial charge in [-0.1, -0.05) is 0 Å². The third kappa shape index (κ3) is 3.51. The van der Waals surface area contributed by atoms with Crippen molar-refractivity contribution >= 4 is 25.8 Å². The molecule has 8 heteroatoms. The first-order valence-electron chi connectivity index (χ1n) is 3.99. The molecule has 4 atom stereocenters. The molecular weight excluding hydrogens is 227 g/mol. The van der Waals surface area contributed by atoms with Crippen molar-refractivity contribution in [1.29, 1.82) is 0 Å². The summed E-state index contributed by atoms with van der Waals surface area (Å²) in [4.78, 5) is 3.72. The van der Waals surface area contributed by atoms with E-state index in [4.69, 9.17) is 15.0 Å². The van der Waals surface area contributed by atoms with Crippen molar-refractivity contribution in [3.63, 3.8) is 0 Å². The number of aliphatic hydroxyl groups excluding tert-OH is 1. The second-order valence-electron chi connectivity index (χ2n) is 2.78. The Hall–Kier alpha value is -0.200. The Kier molecular flexibility index (Phi) is 4.77. The fourth-order valence-electron chi connectivity index (χ4n) is 1.20. The number of thiol groups is 1. The molecule has 1 aliphatic rings. The van der Waals surface area contributed by atoms with E-state index in [1.165, 1.54) is 0 Å². The van der Waals surface area contributed by atoms with E-state index in [0.29, 0.717) is 6.42 Å². The third-order valence-corrected chi connectivity index (χ3v) is 2.49. The van der Waals surface area contributed by atoms with Crippen LogP contribution in [0.1, 0.15) is 6.42 Å². The van der Waals surface area contributed by atoms with Crippen LogP contribution in [-0.2, 0) is 13.8 Å². The predicted molar refractivity (Wildman–Crippen MR) is 54.5 cm³/mol. The maximum Gasteiger partial charge on any atom is 0.582 e. The summed E-state index contributed by atoms with van der Waals surface area (Å²) in [5.41, 5.74) is 5.07. The monoisotopic (exact) mass is 239 g/mol. The maximum atomic E-state index is 10.5. The highest BCUT2D eigenvalue weighted by Crippen LogP contribution is 2.29. The molecule has 3 N–H and O–H groups in total. The lowest BCUT2D eigenvalue weighted by molar-refractivity contribution is 0.00167. The second-order valence-corrected chi connectivity index (χ2v) is 4.50. The molecule has 0 aromatic heterocycles. The Morgan fingerprint density at radius 1 is 1.86 bits per heavy atom. The zero-order valence-corrected chi connectivity index (χ0v) is 9.10. The average molecular weight is 239 g/mol. The van der Waals surface area contributed by atoms with Gasteiger partial charge in [0.05, 0.1) is 12.4 Å². The second kappa shape index (κ2) is 5.63. The van der Waals surface area contributed by atoms with Crippen molar-refractivity contribution < 1.29 is 18.9 Å². The molecule has 1 fully saturated rings. The minimum absolute atomic E-state index is 0.131. The first-order valence-corrected chi connectivity index (χ1v) is 6.32. The smallest absolute Gasteiger partial charge is 0.390 e. The van der Waals surface area contributed by atoms with Crippen LogP contribution < -0.4 is 5.73 Å². The van der Waals surface area contributed by atoms with Crippen molar-refractivity contribution in [2.45, 2.75) is 24.9 Å². The minimum atomic E-state index is -1.93. The summed E-state index contributed by atoms with van der Waals surface area (Å²) in [6.45, 7) is 0.131. The number of hydrogen-bond acceptors (Lipinski definition) is 5. The van der Waals surface area contributed by atoms with Gasteiger partial charge in [0.25, 0.3) is 0 Å². The number of rotatable bonds is 4. The first kappa shape index (κ1) is 11.9. The van der Waals surface area contributed by atoms with Crippen molar-refractivity contribution in [2.75, 3.05) is 6.61 Å². The molecule has 80 valence electrons. The van der Waals surface area contributed by atoms with Crippen LogP contribution in [0.5, 0.6) is 0 Å². The number of nitrogens with zero attached hydrogens (tertiary/aromatic N) is 1. The Morgan fingerprint density at radius 2 is 2.57 bits per heavy atom. The fraction of sp³-hybridized carbons (Fsp3) is 0.833. The van der Waals surface area contributed by atoms with E-state index < -0.39 is 19.6 Å².